The fraction of sp³-hybridized carbons (Fsp3) is 0.429. The quantitative estimate of drug-likeness (QED) is 0.252. The van der Waals surface area contributed by atoms with Crippen molar-refractivity contribution in [3.63, 3.8) is 0 Å². The van der Waals surface area contributed by atoms with E-state index in [1.165, 1.54) is 0 Å². The summed E-state index contributed by atoms with van der Waals surface area (Å²) in [7, 11) is 3.44. The zero-order valence-electron chi connectivity index (χ0n) is 6.56. The van der Waals surface area contributed by atoms with E-state index in [9.17, 15) is 0 Å². The minimum atomic E-state index is -0.123. The smallest absolute Gasteiger partial charge is 0.0166 e. The molecule has 0 N–H and O–H groups in total. The largest absolute Gasteiger partial charge is 0.747 e. The van der Waals surface area contributed by atoms with Gasteiger partial charge in [0.25, 0.3) is 0 Å². The van der Waals surface area contributed by atoms with Crippen LogP contribution in [0.4, 0.5) is 0 Å². The molecule has 0 amide bonds. The molecule has 1 heterocycles. The van der Waals surface area contributed by atoms with Gasteiger partial charge in [0.15, 0.2) is 0 Å². The predicted molar refractivity (Wildman–Crippen MR) is 57.2 cm³/mol. The summed E-state index contributed by atoms with van der Waals surface area (Å²) < 4.78 is -0.123. The van der Waals surface area contributed by atoms with Gasteiger partial charge in [-0.05, 0) is 0 Å². The van der Waals surface area contributed by atoms with Crippen molar-refractivity contribution in [3.8, 4) is 0 Å². The molecule has 0 radical (unpaired) electrons. The third kappa shape index (κ3) is 3.50. The summed E-state index contributed by atoms with van der Waals surface area (Å²) in [6, 6.07) is 0. The molecule has 0 aromatic rings. The van der Waals surface area contributed by atoms with Crippen LogP contribution in [0.15, 0.2) is 25.3 Å². The second-order valence-electron chi connectivity index (χ2n) is 2.17. The van der Waals surface area contributed by atoms with Gasteiger partial charge in [0.2, 0.25) is 0 Å². The van der Waals surface area contributed by atoms with Crippen LogP contribution in [-0.4, -0.2) is 21.5 Å². The van der Waals surface area contributed by atoms with Crippen molar-refractivity contribution < 1.29 is 21.1 Å². The Bertz CT molecular complexity index is 160. The first-order valence-electron chi connectivity index (χ1n) is 3.27. The molecule has 0 bridgehead atoms. The first kappa shape index (κ1) is 13.2. The summed E-state index contributed by atoms with van der Waals surface area (Å²) in [5.41, 5.74) is 0. The normalized spacial score (nSPS) is 18.2. The molecule has 1 aliphatic heterocycles. The second-order valence-corrected chi connectivity index (χ2v) is 6.05. The van der Waals surface area contributed by atoms with Gasteiger partial charge in [-0.15, -0.1) is 13.2 Å². The summed E-state index contributed by atoms with van der Waals surface area (Å²) in [4.78, 5) is 2.16. The number of nitrogens with zero attached hydrogens (tertiary/aromatic N) is 1. The molecule has 0 saturated carbocycles. The molecule has 0 spiro atoms. The van der Waals surface area contributed by atoms with E-state index in [1.807, 2.05) is 12.2 Å². The zero-order valence-corrected chi connectivity index (χ0v) is 11.0. The number of rotatable bonds is 5. The van der Waals surface area contributed by atoms with E-state index in [0.717, 1.165) is 13.1 Å². The first-order valence-corrected chi connectivity index (χ1v) is 5.83. The summed E-state index contributed by atoms with van der Waals surface area (Å²) in [6.45, 7) is 9.05. The van der Waals surface area contributed by atoms with E-state index in [4.69, 9.17) is 12.6 Å². The fourth-order valence-corrected chi connectivity index (χ4v) is 2.63. The Morgan fingerprint density at radius 2 is 1.67 bits per heavy atom. The van der Waals surface area contributed by atoms with Gasteiger partial charge in [-0.25, -0.2) is 0 Å². The molecule has 1 rings (SSSR count). The Labute approximate surface area is 101 Å². The van der Waals surface area contributed by atoms with Gasteiger partial charge in [-0.1, -0.05) is 33.7 Å². The van der Waals surface area contributed by atoms with Gasteiger partial charge >= 0.3 is 0 Å². The van der Waals surface area contributed by atoms with Gasteiger partial charge in [-0.3, -0.25) is 4.90 Å². The Kier molecular flexibility index (Phi) is 6.38. The minimum Gasteiger partial charge on any atom is -0.747 e. The van der Waals surface area contributed by atoms with E-state index in [0.29, 0.717) is 0 Å². The van der Waals surface area contributed by atoms with E-state index in [1.54, 1.807) is 21.6 Å². The molecule has 0 aromatic heterocycles. The van der Waals surface area contributed by atoms with Crippen molar-refractivity contribution in [2.24, 2.45) is 0 Å². The molecule has 0 atom stereocenters. The molecule has 1 saturated heterocycles. The van der Waals surface area contributed by atoms with Gasteiger partial charge in [0, 0.05) is 37.7 Å². The molecule has 0 unspecified atom stereocenters. The zero-order chi connectivity index (χ0) is 8.32. The minimum absolute atomic E-state index is 0. The maximum atomic E-state index is 5.30. The molecule has 1 aliphatic rings. The fourth-order valence-electron chi connectivity index (χ4n) is 0.751. The van der Waals surface area contributed by atoms with Gasteiger partial charge in [0.05, 0.1) is 0 Å². The molecule has 0 aromatic carbocycles. The van der Waals surface area contributed by atoms with Crippen molar-refractivity contribution in [1.29, 1.82) is 0 Å². The van der Waals surface area contributed by atoms with Gasteiger partial charge in [-0.2, -0.15) is 0 Å². The average molecular weight is 300 g/mol. The van der Waals surface area contributed by atoms with Crippen molar-refractivity contribution >= 4 is 34.2 Å². The van der Waals surface area contributed by atoms with Crippen LogP contribution in [0.25, 0.3) is 0 Å². The van der Waals surface area contributed by atoms with Crippen LogP contribution in [0.2, 0.25) is 0 Å². The number of hydrogen-bond donors (Lipinski definition) is 0. The standard InChI is InChI=1S/C7H11NS3.Mo/c1-3-5-8(6-4-2)7(9)10-11-7;/h3-4,9H,1-2,5-6H2;/p-1. The van der Waals surface area contributed by atoms with Gasteiger partial charge < -0.3 is 12.6 Å². The van der Waals surface area contributed by atoms with Crippen LogP contribution in [0.3, 0.4) is 0 Å². The summed E-state index contributed by atoms with van der Waals surface area (Å²) in [5.74, 6) is 0. The van der Waals surface area contributed by atoms with Crippen molar-refractivity contribution in [2.75, 3.05) is 13.1 Å². The van der Waals surface area contributed by atoms with E-state index >= 15 is 0 Å². The summed E-state index contributed by atoms with van der Waals surface area (Å²) in [6.07, 6.45) is 3.74. The second kappa shape index (κ2) is 5.81. The van der Waals surface area contributed by atoms with Crippen molar-refractivity contribution in [2.45, 2.75) is 3.54 Å². The Balaban J connectivity index is 0.00000121. The summed E-state index contributed by atoms with van der Waals surface area (Å²) in [5, 5.41) is 0. The maximum absolute atomic E-state index is 5.30. The van der Waals surface area contributed by atoms with Crippen LogP contribution in [0.1, 0.15) is 0 Å². The van der Waals surface area contributed by atoms with E-state index in [-0.39, 0.29) is 24.6 Å². The Morgan fingerprint density at radius 1 is 1.25 bits per heavy atom. The topological polar surface area (TPSA) is 3.24 Å². The Hall–Kier alpha value is 1.18. The molecular formula is C7H10MoNS3-. The average Bonchev–Trinajstić information content (AvgIpc) is 2.69. The first-order chi connectivity index (χ1) is 5.23. The molecule has 0 aliphatic carbocycles. The molecule has 1 nitrogen and oxygen atoms in total. The molecule has 1 fully saturated rings. The summed E-state index contributed by atoms with van der Waals surface area (Å²) >= 11 is 5.30. The third-order valence-electron chi connectivity index (χ3n) is 1.31. The van der Waals surface area contributed by atoms with E-state index < -0.39 is 0 Å². The molecule has 5 heteroatoms. The van der Waals surface area contributed by atoms with Crippen LogP contribution in [0, 0.1) is 0 Å². The predicted octanol–water partition coefficient (Wildman–Crippen LogP) is 2.21. The van der Waals surface area contributed by atoms with Gasteiger partial charge in [0.1, 0.15) is 0 Å². The molecule has 12 heavy (non-hydrogen) atoms. The van der Waals surface area contributed by atoms with Crippen LogP contribution >= 0.6 is 21.6 Å². The van der Waals surface area contributed by atoms with Crippen LogP contribution < -0.4 is 0 Å². The van der Waals surface area contributed by atoms with Crippen molar-refractivity contribution in [3.05, 3.63) is 25.3 Å². The van der Waals surface area contributed by atoms with E-state index in [2.05, 4.69) is 18.1 Å². The Morgan fingerprint density at radius 3 is 1.92 bits per heavy atom. The van der Waals surface area contributed by atoms with Crippen molar-refractivity contribution in [1.82, 2.24) is 4.90 Å². The third-order valence-corrected chi connectivity index (χ3v) is 5.12. The van der Waals surface area contributed by atoms with Crippen LogP contribution in [0.5, 0.6) is 0 Å². The van der Waals surface area contributed by atoms with Crippen LogP contribution in [-0.2, 0) is 33.7 Å². The molecular weight excluding hydrogens is 290 g/mol. The number of hydrogen-bond acceptors (Lipinski definition) is 4. The maximum Gasteiger partial charge on any atom is 0.0166 e. The SMILES string of the molecule is C=CCN(CC=C)C1([S-])SS1.[Mo]. The molecule has 68 valence electrons. The monoisotopic (exact) mass is 302 g/mol.